The predicted octanol–water partition coefficient (Wildman–Crippen LogP) is 7.31. The highest BCUT2D eigenvalue weighted by molar-refractivity contribution is 5.85. The van der Waals surface area contributed by atoms with Gasteiger partial charge in [0.15, 0.2) is 0 Å². The van der Waals surface area contributed by atoms with Crippen molar-refractivity contribution in [1.29, 1.82) is 0 Å². The summed E-state index contributed by atoms with van der Waals surface area (Å²) in [6.07, 6.45) is 2.27. The van der Waals surface area contributed by atoms with Crippen molar-refractivity contribution in [2.24, 2.45) is 0 Å². The van der Waals surface area contributed by atoms with Gasteiger partial charge in [0.25, 0.3) is 0 Å². The fourth-order valence-corrected chi connectivity index (χ4v) is 3.66. The van der Waals surface area contributed by atoms with Crippen LogP contribution in [0.5, 0.6) is 11.5 Å². The zero-order valence-corrected chi connectivity index (χ0v) is 19.9. The van der Waals surface area contributed by atoms with Gasteiger partial charge in [0, 0.05) is 35.3 Å². The number of aryl methyl sites for hydroxylation is 1. The van der Waals surface area contributed by atoms with Crippen LogP contribution >= 0.6 is 0 Å². The van der Waals surface area contributed by atoms with Crippen molar-refractivity contribution in [3.8, 4) is 22.6 Å². The molecular weight excluding hydrogens is 450 g/mol. The minimum atomic E-state index is -0.510. The van der Waals surface area contributed by atoms with E-state index in [0.717, 1.165) is 45.9 Å². The molecule has 0 saturated heterocycles. The molecule has 0 aliphatic carbocycles. The number of nitrogens with zero attached hydrogens (tertiary/aromatic N) is 1. The van der Waals surface area contributed by atoms with Gasteiger partial charge in [-0.05, 0) is 66.6 Å². The third-order valence-electron chi connectivity index (χ3n) is 5.45. The Kier molecular flexibility index (Phi) is 7.42. The quantitative estimate of drug-likeness (QED) is 0.152. The second-order valence-electron chi connectivity index (χ2n) is 7.99. The fourth-order valence-electron chi connectivity index (χ4n) is 3.66. The maximum Gasteiger partial charge on any atom is 0.335 e. The molecule has 36 heavy (non-hydrogen) atoms. The van der Waals surface area contributed by atoms with Crippen molar-refractivity contribution in [2.75, 3.05) is 4.90 Å². The third-order valence-corrected chi connectivity index (χ3v) is 5.45. The Morgan fingerprint density at radius 3 is 1.69 bits per heavy atom. The number of ether oxygens (including phenoxy) is 2. The lowest BCUT2D eigenvalue weighted by Crippen LogP contribution is -2.10. The van der Waals surface area contributed by atoms with Crippen LogP contribution in [0.1, 0.15) is 5.56 Å². The second-order valence-corrected chi connectivity index (χ2v) is 7.99. The third kappa shape index (κ3) is 5.77. The molecule has 0 fully saturated rings. The molecule has 5 heteroatoms. The highest BCUT2D eigenvalue weighted by atomic mass is 16.5. The van der Waals surface area contributed by atoms with E-state index in [1.54, 1.807) is 18.2 Å². The summed E-state index contributed by atoms with van der Waals surface area (Å²) in [5, 5.41) is 0. The molecule has 4 aromatic carbocycles. The summed E-state index contributed by atoms with van der Waals surface area (Å²) in [7, 11) is 0. The smallest absolute Gasteiger partial charge is 0.335 e. The van der Waals surface area contributed by atoms with Gasteiger partial charge in [0.2, 0.25) is 0 Å². The lowest BCUT2D eigenvalue weighted by Gasteiger charge is -2.26. The molecule has 0 aliphatic heterocycles. The minimum absolute atomic E-state index is 0.434. The van der Waals surface area contributed by atoms with Crippen LogP contribution in [0.3, 0.4) is 0 Å². The Morgan fingerprint density at radius 1 is 0.639 bits per heavy atom. The van der Waals surface area contributed by atoms with Crippen LogP contribution < -0.4 is 14.4 Å². The Morgan fingerprint density at radius 2 is 1.14 bits per heavy atom. The van der Waals surface area contributed by atoms with E-state index in [9.17, 15) is 9.59 Å². The van der Waals surface area contributed by atoms with Gasteiger partial charge in [0.1, 0.15) is 11.5 Å². The van der Waals surface area contributed by atoms with Gasteiger partial charge in [-0.15, -0.1) is 0 Å². The number of carbonyl (C=O) groups excluding carboxylic acids is 2. The molecule has 0 amide bonds. The Balaban J connectivity index is 1.67. The van der Waals surface area contributed by atoms with E-state index in [1.807, 2.05) is 61.5 Å². The zero-order valence-electron chi connectivity index (χ0n) is 19.9. The van der Waals surface area contributed by atoms with E-state index in [4.69, 9.17) is 9.47 Å². The molecule has 0 bridgehead atoms. The van der Waals surface area contributed by atoms with Gasteiger partial charge in [-0.3, -0.25) is 0 Å². The largest absolute Gasteiger partial charge is 0.423 e. The van der Waals surface area contributed by atoms with Crippen LogP contribution in [-0.2, 0) is 9.59 Å². The molecule has 0 spiro atoms. The number of hydrogen-bond acceptors (Lipinski definition) is 5. The molecule has 4 aromatic rings. The number of anilines is 3. The van der Waals surface area contributed by atoms with Crippen molar-refractivity contribution >= 4 is 29.0 Å². The zero-order chi connectivity index (χ0) is 25.5. The van der Waals surface area contributed by atoms with E-state index in [2.05, 4.69) is 42.3 Å². The first-order chi connectivity index (χ1) is 17.5. The SMILES string of the molecule is C=CC(=O)Oc1ccc(-c2ccc(N(c3ccc(C)cc3)c3cccc(OC(=O)C=C)c3)cc2)cc1. The molecular formula is C31H25NO4. The summed E-state index contributed by atoms with van der Waals surface area (Å²) >= 11 is 0. The molecule has 0 radical (unpaired) electrons. The summed E-state index contributed by atoms with van der Waals surface area (Å²) in [5.41, 5.74) is 5.90. The lowest BCUT2D eigenvalue weighted by molar-refractivity contribution is -0.129. The summed E-state index contributed by atoms with van der Waals surface area (Å²) in [5.74, 6) is -0.110. The molecule has 5 nitrogen and oxygen atoms in total. The minimum Gasteiger partial charge on any atom is -0.423 e. The van der Waals surface area contributed by atoms with E-state index < -0.39 is 11.9 Å². The molecule has 0 aliphatic rings. The molecule has 0 N–H and O–H groups in total. The predicted molar refractivity (Wildman–Crippen MR) is 143 cm³/mol. The summed E-state index contributed by atoms with van der Waals surface area (Å²) in [6.45, 7) is 8.91. The average Bonchev–Trinajstić information content (AvgIpc) is 2.91. The summed E-state index contributed by atoms with van der Waals surface area (Å²) in [6, 6.07) is 31.0. The molecule has 178 valence electrons. The van der Waals surface area contributed by atoms with E-state index >= 15 is 0 Å². The lowest BCUT2D eigenvalue weighted by atomic mass is 10.0. The van der Waals surface area contributed by atoms with Gasteiger partial charge >= 0.3 is 11.9 Å². The van der Waals surface area contributed by atoms with Crippen LogP contribution in [0.2, 0.25) is 0 Å². The van der Waals surface area contributed by atoms with Crippen molar-refractivity contribution in [3.63, 3.8) is 0 Å². The van der Waals surface area contributed by atoms with Crippen molar-refractivity contribution in [2.45, 2.75) is 6.92 Å². The normalized spacial score (nSPS) is 10.2. The Hall–Kier alpha value is -4.90. The van der Waals surface area contributed by atoms with Crippen LogP contribution in [0.25, 0.3) is 11.1 Å². The Labute approximate surface area is 210 Å². The van der Waals surface area contributed by atoms with Crippen molar-refractivity contribution in [3.05, 3.63) is 128 Å². The van der Waals surface area contributed by atoms with Crippen molar-refractivity contribution < 1.29 is 19.1 Å². The summed E-state index contributed by atoms with van der Waals surface area (Å²) in [4.78, 5) is 25.2. The van der Waals surface area contributed by atoms with E-state index in [-0.39, 0.29) is 0 Å². The second kappa shape index (κ2) is 11.0. The van der Waals surface area contributed by atoms with Crippen LogP contribution in [0, 0.1) is 6.92 Å². The highest BCUT2D eigenvalue weighted by Gasteiger charge is 2.14. The number of esters is 2. The number of benzene rings is 4. The molecule has 0 atom stereocenters. The highest BCUT2D eigenvalue weighted by Crippen LogP contribution is 2.37. The topological polar surface area (TPSA) is 55.8 Å². The molecule has 0 heterocycles. The first kappa shape index (κ1) is 24.2. The van der Waals surface area contributed by atoms with E-state index in [1.165, 1.54) is 0 Å². The van der Waals surface area contributed by atoms with E-state index in [0.29, 0.717) is 11.5 Å². The Bertz CT molecular complexity index is 1390. The monoisotopic (exact) mass is 475 g/mol. The molecule has 0 unspecified atom stereocenters. The van der Waals surface area contributed by atoms with Crippen LogP contribution in [0.4, 0.5) is 17.1 Å². The molecule has 4 rings (SSSR count). The first-order valence-electron chi connectivity index (χ1n) is 11.3. The number of hydrogen-bond donors (Lipinski definition) is 0. The van der Waals surface area contributed by atoms with Gasteiger partial charge in [-0.25, -0.2) is 9.59 Å². The van der Waals surface area contributed by atoms with Gasteiger partial charge < -0.3 is 14.4 Å². The van der Waals surface area contributed by atoms with Gasteiger partial charge in [0.05, 0.1) is 0 Å². The fraction of sp³-hybridized carbons (Fsp3) is 0.0323. The van der Waals surface area contributed by atoms with Crippen LogP contribution in [-0.4, -0.2) is 11.9 Å². The van der Waals surface area contributed by atoms with Crippen molar-refractivity contribution in [1.82, 2.24) is 0 Å². The standard InChI is InChI=1S/C31H25NO4/c1-4-30(33)35-28-19-13-24(14-20-28)23-11-17-26(18-12-23)32(25-15-9-22(3)10-16-25)27-7-6-8-29(21-27)36-31(34)5-2/h4-21H,1-2H2,3H3. The first-order valence-corrected chi connectivity index (χ1v) is 11.3. The molecule has 0 aromatic heterocycles. The number of rotatable bonds is 8. The average molecular weight is 476 g/mol. The summed E-state index contributed by atoms with van der Waals surface area (Å²) < 4.78 is 10.5. The van der Waals surface area contributed by atoms with Crippen LogP contribution in [0.15, 0.2) is 122 Å². The maximum atomic E-state index is 11.7. The number of carbonyl (C=O) groups is 2. The van der Waals surface area contributed by atoms with Gasteiger partial charge in [-0.1, -0.05) is 61.2 Å². The maximum absolute atomic E-state index is 11.7. The molecule has 0 saturated carbocycles. The van der Waals surface area contributed by atoms with Gasteiger partial charge in [-0.2, -0.15) is 0 Å².